The van der Waals surface area contributed by atoms with Crippen LogP contribution in [0, 0.1) is 17.8 Å². The van der Waals surface area contributed by atoms with Crippen LogP contribution in [0.15, 0.2) is 59.7 Å². The number of methoxy groups -OCH3 is 2. The first-order chi connectivity index (χ1) is 29.2. The second-order valence-corrected chi connectivity index (χ2v) is 25.5. The molecule has 1 aromatic carbocycles. The molecule has 0 radical (unpaired) electrons. The molecule has 1 aliphatic carbocycles. The predicted molar refractivity (Wildman–Crippen MR) is 250 cm³/mol. The monoisotopic (exact) mass is 911 g/mol. The predicted octanol–water partition coefficient (Wildman–Crippen LogP) is 9.96. The van der Waals surface area contributed by atoms with Crippen molar-refractivity contribution in [1.82, 2.24) is 0 Å². The van der Waals surface area contributed by atoms with E-state index in [-0.39, 0.29) is 47.6 Å². The molecular weight excluding hydrogens is 828 g/mol. The van der Waals surface area contributed by atoms with E-state index in [1.165, 1.54) is 0 Å². The number of carbonyl (C=O) groups is 1. The van der Waals surface area contributed by atoms with Gasteiger partial charge in [-0.2, -0.15) is 0 Å². The molecule has 9 atom stereocenters. The molecule has 0 saturated heterocycles. The largest absolute Gasteiger partial charge is 0.497 e. The van der Waals surface area contributed by atoms with Gasteiger partial charge in [-0.15, -0.1) is 0 Å². The zero-order valence-electron chi connectivity index (χ0n) is 40.4. The van der Waals surface area contributed by atoms with Gasteiger partial charge in [-0.3, -0.25) is 9.36 Å². The van der Waals surface area contributed by atoms with Crippen molar-refractivity contribution in [2.45, 2.75) is 169 Å². The van der Waals surface area contributed by atoms with Crippen molar-refractivity contribution in [2.75, 3.05) is 40.2 Å². The Hall–Kier alpha value is -2.16. The summed E-state index contributed by atoms with van der Waals surface area (Å²) in [5.41, 5.74) is 3.66. The van der Waals surface area contributed by atoms with E-state index in [0.717, 1.165) is 22.5 Å². The molecule has 1 unspecified atom stereocenters. The first-order valence-corrected chi connectivity index (χ1v) is 26.6. The Morgan fingerprint density at radius 3 is 1.95 bits per heavy atom. The van der Waals surface area contributed by atoms with E-state index in [1.54, 1.807) is 28.1 Å². The van der Waals surface area contributed by atoms with Gasteiger partial charge in [0.2, 0.25) is 8.32 Å². The summed E-state index contributed by atoms with van der Waals surface area (Å²) in [7, 11) is -3.01. The Morgan fingerprint density at radius 2 is 1.45 bits per heavy atom. The van der Waals surface area contributed by atoms with Crippen molar-refractivity contribution in [3.05, 3.63) is 65.3 Å². The Morgan fingerprint density at radius 1 is 0.887 bits per heavy atom. The van der Waals surface area contributed by atoms with Gasteiger partial charge in [0.15, 0.2) is 0 Å². The van der Waals surface area contributed by atoms with Crippen LogP contribution < -0.4 is 4.74 Å². The van der Waals surface area contributed by atoms with Crippen molar-refractivity contribution < 1.29 is 57.1 Å². The topological polar surface area (TPSA) is 159 Å². The fourth-order valence-corrected chi connectivity index (χ4v) is 16.2. The summed E-state index contributed by atoms with van der Waals surface area (Å²) in [6, 6.07) is 7.72. The highest BCUT2D eigenvalue weighted by Crippen LogP contribution is 2.48. The van der Waals surface area contributed by atoms with Crippen LogP contribution in [0.1, 0.15) is 114 Å². The second kappa shape index (κ2) is 27.3. The van der Waals surface area contributed by atoms with Crippen LogP contribution >= 0.6 is 7.60 Å². The molecule has 0 heterocycles. The summed E-state index contributed by atoms with van der Waals surface area (Å²) in [4.78, 5) is 13.9. The smallest absolute Gasteiger partial charge is 0.341 e. The lowest BCUT2D eigenvalue weighted by Crippen LogP contribution is -2.51. The molecule has 0 bridgehead atoms. The lowest BCUT2D eigenvalue weighted by Gasteiger charge is -2.45. The summed E-state index contributed by atoms with van der Waals surface area (Å²) in [5.74, 6) is -0.425. The number of aliphatic hydroxyl groups is 3. The Labute approximate surface area is 375 Å². The molecule has 62 heavy (non-hydrogen) atoms. The molecule has 1 aliphatic rings. The van der Waals surface area contributed by atoms with Crippen molar-refractivity contribution in [3.8, 4) is 5.75 Å². The summed E-state index contributed by atoms with van der Waals surface area (Å²) in [5, 5.41) is 31.1. The fourth-order valence-electron chi connectivity index (χ4n) is 9.12. The molecule has 0 aliphatic heterocycles. The highest BCUT2D eigenvalue weighted by molar-refractivity contribution is 7.54. The number of hydrogen-bond donors (Lipinski definition) is 3. The number of benzene rings is 1. The van der Waals surface area contributed by atoms with E-state index >= 15 is 0 Å². The number of ether oxygens (including phenoxy) is 4. The summed E-state index contributed by atoms with van der Waals surface area (Å²) in [6.45, 7) is 25.7. The summed E-state index contributed by atoms with van der Waals surface area (Å²) < 4.78 is 55.8. The molecule has 356 valence electrons. The molecular formula is C48H83O12PSi. The van der Waals surface area contributed by atoms with E-state index < -0.39 is 64.7 Å². The van der Waals surface area contributed by atoms with Gasteiger partial charge in [0.25, 0.3) is 0 Å². The van der Waals surface area contributed by atoms with Crippen LogP contribution in [-0.4, -0.2) is 106 Å². The first kappa shape index (κ1) is 56.0. The van der Waals surface area contributed by atoms with Crippen LogP contribution in [0.25, 0.3) is 0 Å². The first-order valence-electron chi connectivity index (χ1n) is 22.7. The van der Waals surface area contributed by atoms with Crippen LogP contribution in [0.3, 0.4) is 0 Å². The van der Waals surface area contributed by atoms with Gasteiger partial charge in [-0.05, 0) is 98.3 Å². The number of esters is 1. The highest BCUT2D eigenvalue weighted by atomic mass is 31.2. The van der Waals surface area contributed by atoms with Gasteiger partial charge in [-0.1, -0.05) is 91.8 Å². The van der Waals surface area contributed by atoms with E-state index in [9.17, 15) is 24.7 Å². The minimum Gasteiger partial charge on any atom is -0.497 e. The van der Waals surface area contributed by atoms with E-state index in [0.29, 0.717) is 38.9 Å². The maximum atomic E-state index is 13.9. The third kappa shape index (κ3) is 17.0. The molecule has 0 spiro atoms. The van der Waals surface area contributed by atoms with Gasteiger partial charge in [0.05, 0.1) is 64.1 Å². The normalized spacial score (nSPS) is 21.1. The van der Waals surface area contributed by atoms with Gasteiger partial charge >= 0.3 is 13.6 Å². The molecule has 0 amide bonds. The van der Waals surface area contributed by atoms with Gasteiger partial charge in [-0.25, -0.2) is 0 Å². The standard InChI is InChI=1S/C48H83O12PSi/c1-15-57-61(53,58-16-2)31-47(52)59-46(38(12)48(55-14)37(11)24-25-56-30-39-20-22-41(54-13)23-21-39)29-45(60-62(32(3)4,33(5)6)34(7)8)36(10)19-17-18-35(9)42(49)26-40-27-43(50)44(51)28-40/h17-24,32-35,38,40,42-46,48-51H,15-16,25-31H2,1-14H3/b18-17+,36-19+,37-24+/t35-,38+,40?,42-,43-,44+,45+,46+,48+/m1/s1. The molecule has 1 saturated carbocycles. The third-order valence-corrected chi connectivity index (χ3v) is 20.6. The molecule has 14 heteroatoms. The molecule has 3 N–H and O–H groups in total. The van der Waals surface area contributed by atoms with Crippen molar-refractivity contribution in [3.63, 3.8) is 0 Å². The van der Waals surface area contributed by atoms with Crippen LogP contribution in [0.5, 0.6) is 5.75 Å². The van der Waals surface area contributed by atoms with Gasteiger partial charge in [0, 0.05) is 25.4 Å². The van der Waals surface area contributed by atoms with Gasteiger partial charge < -0.3 is 47.7 Å². The van der Waals surface area contributed by atoms with Crippen molar-refractivity contribution in [1.29, 1.82) is 0 Å². The minimum atomic E-state index is -3.77. The third-order valence-electron chi connectivity index (χ3n) is 12.5. The Bertz CT molecular complexity index is 1550. The number of hydrogen-bond acceptors (Lipinski definition) is 12. The molecule has 1 aromatic rings. The Kier molecular flexibility index (Phi) is 24.7. The number of allylic oxidation sites excluding steroid dienone is 2. The average Bonchev–Trinajstić information content (AvgIpc) is 3.52. The lowest BCUT2D eigenvalue weighted by atomic mass is 9.88. The number of carbonyl (C=O) groups excluding carboxylic acids is 1. The van der Waals surface area contributed by atoms with Gasteiger partial charge in [0.1, 0.15) is 18.0 Å². The van der Waals surface area contributed by atoms with E-state index in [4.69, 9.17) is 32.4 Å². The van der Waals surface area contributed by atoms with E-state index in [2.05, 4.69) is 41.5 Å². The molecule has 1 fully saturated rings. The van der Waals surface area contributed by atoms with Crippen molar-refractivity contribution >= 4 is 21.9 Å². The number of rotatable bonds is 29. The molecule has 12 nitrogen and oxygen atoms in total. The molecule has 2 rings (SSSR count). The minimum absolute atomic E-state index is 0.0565. The summed E-state index contributed by atoms with van der Waals surface area (Å²) >= 11 is 0. The maximum Gasteiger partial charge on any atom is 0.341 e. The lowest BCUT2D eigenvalue weighted by molar-refractivity contribution is -0.152. The Balaban J connectivity index is 2.56. The SMILES string of the molecule is CCOP(=O)(CC(=O)O[C@@H](C[C@H](O[Si](C(C)C)(C(C)C)C(C)C)/C(C)=C/C=C/[C@@H](C)[C@H](O)CC1C[C@@H](O)[C@@H](O)C1)[C@H](C)[C@@H](OC)/C(C)=C/COCc1ccc(OC)cc1)OCC. The summed E-state index contributed by atoms with van der Waals surface area (Å²) in [6.07, 6.45) is 5.31. The van der Waals surface area contributed by atoms with E-state index in [1.807, 2.05) is 76.3 Å². The average molecular weight is 911 g/mol. The maximum absolute atomic E-state index is 13.9. The van der Waals surface area contributed by atoms with Crippen LogP contribution in [-0.2, 0) is 43.7 Å². The number of aliphatic hydroxyl groups excluding tert-OH is 3. The zero-order valence-corrected chi connectivity index (χ0v) is 42.3. The van der Waals surface area contributed by atoms with Crippen LogP contribution in [0.4, 0.5) is 0 Å². The van der Waals surface area contributed by atoms with Crippen LogP contribution in [0.2, 0.25) is 16.6 Å². The van der Waals surface area contributed by atoms with Crippen molar-refractivity contribution in [2.24, 2.45) is 17.8 Å². The fraction of sp³-hybridized carbons (Fsp3) is 0.729. The zero-order chi connectivity index (χ0) is 46.8. The molecule has 0 aromatic heterocycles. The quantitative estimate of drug-likeness (QED) is 0.0175. The second-order valence-electron chi connectivity index (χ2n) is 18.0. The highest BCUT2D eigenvalue weighted by Gasteiger charge is 2.48.